The van der Waals surface area contributed by atoms with Crippen LogP contribution in [0, 0.1) is 5.82 Å². The van der Waals surface area contributed by atoms with Crippen molar-refractivity contribution in [3.63, 3.8) is 0 Å². The third-order valence-electron chi connectivity index (χ3n) is 2.62. The number of hydrogen-bond donors (Lipinski definition) is 0. The molecule has 0 bridgehead atoms. The van der Waals surface area contributed by atoms with Gasteiger partial charge in [-0.15, -0.1) is 11.8 Å². The Balaban J connectivity index is 2.11. The van der Waals surface area contributed by atoms with Crippen LogP contribution in [-0.2, 0) is 4.74 Å². The molecule has 20 heavy (non-hydrogen) atoms. The van der Waals surface area contributed by atoms with Crippen molar-refractivity contribution in [3.05, 3.63) is 52.7 Å². The first-order chi connectivity index (χ1) is 9.51. The van der Waals surface area contributed by atoms with Gasteiger partial charge < -0.3 is 9.15 Å². The fraction of sp³-hybridized carbons (Fsp3) is 0.214. The van der Waals surface area contributed by atoms with E-state index in [0.717, 1.165) is 4.90 Å². The van der Waals surface area contributed by atoms with Crippen LogP contribution in [0.4, 0.5) is 4.39 Å². The molecule has 0 aliphatic carbocycles. The summed E-state index contributed by atoms with van der Waals surface area (Å²) < 4.78 is 23.1. The van der Waals surface area contributed by atoms with E-state index in [9.17, 15) is 9.18 Å². The number of ether oxygens (including phenoxy) is 1. The second kappa shape index (κ2) is 6.33. The SMILES string of the molecule is COC(=O)c1ccc(C(C)Sc2ccc(F)c(Cl)c2)o1. The molecule has 0 spiro atoms. The van der Waals surface area contributed by atoms with Gasteiger partial charge in [0.2, 0.25) is 5.76 Å². The Morgan fingerprint density at radius 2 is 2.15 bits per heavy atom. The quantitative estimate of drug-likeness (QED) is 0.605. The Hall–Kier alpha value is -1.46. The lowest BCUT2D eigenvalue weighted by Gasteiger charge is -2.08. The number of hydrogen-bond acceptors (Lipinski definition) is 4. The summed E-state index contributed by atoms with van der Waals surface area (Å²) in [6.07, 6.45) is 0. The third kappa shape index (κ3) is 3.35. The molecule has 2 rings (SSSR count). The molecular weight excluding hydrogens is 303 g/mol. The zero-order valence-corrected chi connectivity index (χ0v) is 12.4. The average Bonchev–Trinajstić information content (AvgIpc) is 2.92. The van der Waals surface area contributed by atoms with E-state index in [1.165, 1.54) is 24.9 Å². The van der Waals surface area contributed by atoms with Crippen LogP contribution < -0.4 is 0 Å². The Labute approximate surface area is 125 Å². The topological polar surface area (TPSA) is 39.4 Å². The normalized spacial score (nSPS) is 12.2. The molecule has 0 aliphatic rings. The lowest BCUT2D eigenvalue weighted by atomic mass is 10.3. The van der Waals surface area contributed by atoms with Gasteiger partial charge >= 0.3 is 5.97 Å². The molecule has 0 radical (unpaired) electrons. The average molecular weight is 315 g/mol. The summed E-state index contributed by atoms with van der Waals surface area (Å²) in [7, 11) is 1.29. The predicted octanol–water partition coefficient (Wildman–Crippen LogP) is 4.71. The van der Waals surface area contributed by atoms with Gasteiger partial charge in [0, 0.05) is 4.90 Å². The van der Waals surface area contributed by atoms with Gasteiger partial charge in [-0.1, -0.05) is 11.6 Å². The van der Waals surface area contributed by atoms with E-state index in [2.05, 4.69) is 4.74 Å². The molecule has 1 atom stereocenters. The van der Waals surface area contributed by atoms with Gasteiger partial charge in [-0.3, -0.25) is 0 Å². The Morgan fingerprint density at radius 1 is 1.40 bits per heavy atom. The monoisotopic (exact) mass is 314 g/mol. The van der Waals surface area contributed by atoms with Crippen molar-refractivity contribution >= 4 is 29.3 Å². The van der Waals surface area contributed by atoms with Crippen LogP contribution in [0.2, 0.25) is 5.02 Å². The van der Waals surface area contributed by atoms with Crippen LogP contribution in [0.5, 0.6) is 0 Å². The highest BCUT2D eigenvalue weighted by Gasteiger charge is 2.16. The molecule has 6 heteroatoms. The molecule has 1 aromatic heterocycles. The van der Waals surface area contributed by atoms with Crippen molar-refractivity contribution in [2.45, 2.75) is 17.1 Å². The van der Waals surface area contributed by atoms with E-state index in [-0.39, 0.29) is 16.0 Å². The first-order valence-corrected chi connectivity index (χ1v) is 7.06. The Kier molecular flexibility index (Phi) is 4.73. The maximum absolute atomic E-state index is 13.1. The zero-order valence-electron chi connectivity index (χ0n) is 10.9. The van der Waals surface area contributed by atoms with Gasteiger partial charge in [0.25, 0.3) is 0 Å². The van der Waals surface area contributed by atoms with Crippen molar-refractivity contribution < 1.29 is 18.3 Å². The number of furan rings is 1. The predicted molar refractivity (Wildman–Crippen MR) is 75.7 cm³/mol. The molecule has 0 aliphatic heterocycles. The maximum atomic E-state index is 13.1. The molecule has 0 saturated heterocycles. The molecule has 0 saturated carbocycles. The second-order valence-electron chi connectivity index (χ2n) is 4.03. The molecule has 1 aromatic carbocycles. The number of methoxy groups -OCH3 is 1. The van der Waals surface area contributed by atoms with E-state index in [0.29, 0.717) is 5.76 Å². The van der Waals surface area contributed by atoms with Crippen LogP contribution in [0.3, 0.4) is 0 Å². The van der Waals surface area contributed by atoms with E-state index in [4.69, 9.17) is 16.0 Å². The van der Waals surface area contributed by atoms with Crippen molar-refractivity contribution in [2.75, 3.05) is 7.11 Å². The minimum Gasteiger partial charge on any atom is -0.463 e. The van der Waals surface area contributed by atoms with E-state index < -0.39 is 11.8 Å². The van der Waals surface area contributed by atoms with E-state index in [1.54, 1.807) is 24.3 Å². The summed E-state index contributed by atoms with van der Waals surface area (Å²) in [5, 5.41) is 0.0341. The van der Waals surface area contributed by atoms with E-state index >= 15 is 0 Å². The van der Waals surface area contributed by atoms with Gasteiger partial charge in [-0.2, -0.15) is 0 Å². The van der Waals surface area contributed by atoms with Crippen LogP contribution in [0.25, 0.3) is 0 Å². The fourth-order valence-electron chi connectivity index (χ4n) is 1.59. The molecule has 0 amide bonds. The molecule has 0 fully saturated rings. The third-order valence-corrected chi connectivity index (χ3v) is 4.02. The Bertz CT molecular complexity index is 627. The van der Waals surface area contributed by atoms with Crippen molar-refractivity contribution in [2.24, 2.45) is 0 Å². The second-order valence-corrected chi connectivity index (χ2v) is 5.85. The number of carbonyl (C=O) groups excluding carboxylic acids is 1. The number of thioether (sulfide) groups is 1. The molecule has 2 aromatic rings. The van der Waals surface area contributed by atoms with Gasteiger partial charge in [-0.25, -0.2) is 9.18 Å². The number of benzene rings is 1. The summed E-state index contributed by atoms with van der Waals surface area (Å²) in [5.74, 6) is -0.171. The molecule has 0 N–H and O–H groups in total. The maximum Gasteiger partial charge on any atom is 0.373 e. The van der Waals surface area contributed by atoms with Crippen molar-refractivity contribution in [3.8, 4) is 0 Å². The zero-order chi connectivity index (χ0) is 14.7. The van der Waals surface area contributed by atoms with Crippen LogP contribution in [-0.4, -0.2) is 13.1 Å². The molecular formula is C14H12ClFO3S. The standard InChI is InChI=1S/C14H12ClFO3S/c1-8(12-5-6-13(19-12)14(17)18-2)20-9-3-4-11(16)10(15)7-9/h3-8H,1-2H3. The molecule has 106 valence electrons. The number of esters is 1. The summed E-state index contributed by atoms with van der Waals surface area (Å²) in [6, 6.07) is 7.80. The summed E-state index contributed by atoms with van der Waals surface area (Å²) in [6.45, 7) is 1.92. The lowest BCUT2D eigenvalue weighted by molar-refractivity contribution is 0.0563. The van der Waals surface area contributed by atoms with Gasteiger partial charge in [0.1, 0.15) is 11.6 Å². The smallest absolute Gasteiger partial charge is 0.373 e. The molecule has 3 nitrogen and oxygen atoms in total. The van der Waals surface area contributed by atoms with Crippen LogP contribution in [0.1, 0.15) is 28.5 Å². The fourth-order valence-corrected chi connectivity index (χ4v) is 2.82. The first kappa shape index (κ1) is 14.9. The lowest BCUT2D eigenvalue weighted by Crippen LogP contribution is -1.98. The van der Waals surface area contributed by atoms with Gasteiger partial charge in [0.05, 0.1) is 17.4 Å². The summed E-state index contributed by atoms with van der Waals surface area (Å²) in [5.41, 5.74) is 0. The number of rotatable bonds is 4. The highest BCUT2D eigenvalue weighted by molar-refractivity contribution is 7.99. The van der Waals surface area contributed by atoms with Crippen LogP contribution >= 0.6 is 23.4 Å². The minimum atomic E-state index is -0.515. The van der Waals surface area contributed by atoms with E-state index in [1.807, 2.05) is 6.92 Å². The highest BCUT2D eigenvalue weighted by atomic mass is 35.5. The van der Waals surface area contributed by atoms with Crippen molar-refractivity contribution in [1.82, 2.24) is 0 Å². The van der Waals surface area contributed by atoms with Gasteiger partial charge in [0.15, 0.2) is 0 Å². The highest BCUT2D eigenvalue weighted by Crippen LogP contribution is 2.36. The number of carbonyl (C=O) groups is 1. The first-order valence-electron chi connectivity index (χ1n) is 5.81. The summed E-state index contributed by atoms with van der Waals surface area (Å²) >= 11 is 7.19. The molecule has 1 heterocycles. The Morgan fingerprint density at radius 3 is 2.80 bits per heavy atom. The molecule has 1 unspecified atom stereocenters. The largest absolute Gasteiger partial charge is 0.463 e. The van der Waals surface area contributed by atoms with Crippen LogP contribution in [0.15, 0.2) is 39.6 Å². The summed E-state index contributed by atoms with van der Waals surface area (Å²) in [4.78, 5) is 12.1. The minimum absolute atomic E-state index is 0.0464. The van der Waals surface area contributed by atoms with Crippen molar-refractivity contribution in [1.29, 1.82) is 0 Å². The number of halogens is 2. The van der Waals surface area contributed by atoms with Gasteiger partial charge in [-0.05, 0) is 37.3 Å².